The van der Waals surface area contributed by atoms with Gasteiger partial charge in [-0.3, -0.25) is 9.36 Å². The van der Waals surface area contributed by atoms with Crippen LogP contribution >= 0.6 is 0 Å². The second-order valence-electron chi connectivity index (χ2n) is 8.04. The van der Waals surface area contributed by atoms with Crippen LogP contribution in [0.4, 0.5) is 17.2 Å². The second kappa shape index (κ2) is 9.71. The van der Waals surface area contributed by atoms with Crippen molar-refractivity contribution in [1.29, 1.82) is 0 Å². The summed E-state index contributed by atoms with van der Waals surface area (Å²) < 4.78 is 7.77. The molecule has 0 spiro atoms. The molecule has 0 fully saturated rings. The lowest BCUT2D eigenvalue weighted by molar-refractivity contribution is 0.0591. The monoisotopic (exact) mass is 481 g/mol. The molecule has 0 aliphatic heterocycles. The van der Waals surface area contributed by atoms with E-state index in [1.165, 1.54) is 22.4 Å². The van der Waals surface area contributed by atoms with Crippen molar-refractivity contribution in [1.82, 2.24) is 24.1 Å². The summed E-state index contributed by atoms with van der Waals surface area (Å²) in [4.78, 5) is 36.3. The number of aromatic nitrogens is 5. The number of fused-ring (bicyclic) bond motifs is 1. The number of esters is 1. The number of pyridine rings is 2. The average Bonchev–Trinajstić information content (AvgIpc) is 3.34. The van der Waals surface area contributed by atoms with Crippen LogP contribution in [0.2, 0.25) is 0 Å². The fourth-order valence-electron chi connectivity index (χ4n) is 3.88. The lowest BCUT2D eigenvalue weighted by Crippen LogP contribution is -2.22. The molecule has 4 aromatic heterocycles. The molecular formula is C26H23N7O3. The molecule has 5 rings (SSSR count). The van der Waals surface area contributed by atoms with Crippen LogP contribution in [0.25, 0.3) is 11.5 Å². The summed E-state index contributed by atoms with van der Waals surface area (Å²) in [6, 6.07) is 20.5. The first kappa shape index (κ1) is 22.8. The fraction of sp³-hybridized carbons (Fsp3) is 0.115. The van der Waals surface area contributed by atoms with Gasteiger partial charge in [-0.05, 0) is 29.8 Å². The van der Waals surface area contributed by atoms with E-state index in [9.17, 15) is 9.59 Å². The maximum Gasteiger partial charge on any atom is 0.358 e. The van der Waals surface area contributed by atoms with Crippen LogP contribution < -0.4 is 15.8 Å². The van der Waals surface area contributed by atoms with Gasteiger partial charge >= 0.3 is 5.97 Å². The van der Waals surface area contributed by atoms with Crippen molar-refractivity contribution in [2.24, 2.45) is 0 Å². The number of hydrogen-bond donors (Lipinski definition) is 1. The summed E-state index contributed by atoms with van der Waals surface area (Å²) in [6.07, 6.45) is 4.70. The highest BCUT2D eigenvalue weighted by Gasteiger charge is 2.20. The van der Waals surface area contributed by atoms with E-state index in [0.29, 0.717) is 35.2 Å². The van der Waals surface area contributed by atoms with Crippen LogP contribution in [0, 0.1) is 0 Å². The number of nitrogens with zero attached hydrogens (tertiary/aromatic N) is 6. The van der Waals surface area contributed by atoms with E-state index in [1.54, 1.807) is 42.7 Å². The Morgan fingerprint density at radius 3 is 2.61 bits per heavy atom. The first-order valence-electron chi connectivity index (χ1n) is 11.2. The first-order chi connectivity index (χ1) is 17.5. The van der Waals surface area contributed by atoms with Crippen LogP contribution in [-0.2, 0) is 11.3 Å². The Hall–Kier alpha value is -4.99. The number of hydrogen-bond acceptors (Lipinski definition) is 8. The number of ether oxygens (including phenoxy) is 1. The van der Waals surface area contributed by atoms with Gasteiger partial charge in [-0.15, -0.1) is 5.10 Å². The van der Waals surface area contributed by atoms with Crippen LogP contribution in [0.1, 0.15) is 16.1 Å². The molecule has 10 heteroatoms. The Bertz CT molecular complexity index is 1580. The summed E-state index contributed by atoms with van der Waals surface area (Å²) in [5, 5.41) is 7.65. The Kier molecular flexibility index (Phi) is 6.14. The van der Waals surface area contributed by atoms with E-state index in [4.69, 9.17) is 4.74 Å². The molecule has 1 aromatic carbocycles. The maximum atomic E-state index is 13.2. The van der Waals surface area contributed by atoms with Crippen molar-refractivity contribution < 1.29 is 9.53 Å². The van der Waals surface area contributed by atoms with Crippen LogP contribution in [0.15, 0.2) is 90.1 Å². The lowest BCUT2D eigenvalue weighted by atomic mass is 10.2. The summed E-state index contributed by atoms with van der Waals surface area (Å²) in [7, 11) is 3.23. The summed E-state index contributed by atoms with van der Waals surface area (Å²) in [6.45, 7) is 0.595. The van der Waals surface area contributed by atoms with Crippen molar-refractivity contribution in [2.75, 3.05) is 24.4 Å². The van der Waals surface area contributed by atoms with E-state index < -0.39 is 5.97 Å². The molecule has 180 valence electrons. The number of rotatable bonds is 7. The van der Waals surface area contributed by atoms with Gasteiger partial charge in [0.25, 0.3) is 5.56 Å². The zero-order valence-corrected chi connectivity index (χ0v) is 19.7. The number of imidazole rings is 1. The number of methoxy groups -OCH3 is 1. The van der Waals surface area contributed by atoms with Gasteiger partial charge in [-0.1, -0.05) is 36.4 Å². The molecule has 4 heterocycles. The predicted molar refractivity (Wildman–Crippen MR) is 136 cm³/mol. The highest BCUT2D eigenvalue weighted by Crippen LogP contribution is 2.26. The van der Waals surface area contributed by atoms with Crippen LogP contribution in [0.5, 0.6) is 0 Å². The lowest BCUT2D eigenvalue weighted by Gasteiger charge is -2.21. The summed E-state index contributed by atoms with van der Waals surface area (Å²) in [5.74, 6) is 0.290. The number of anilines is 3. The molecule has 0 bridgehead atoms. The molecule has 0 aliphatic rings. The smallest absolute Gasteiger partial charge is 0.358 e. The Balaban J connectivity index is 1.58. The fourth-order valence-corrected chi connectivity index (χ4v) is 3.88. The maximum absolute atomic E-state index is 13.2. The summed E-state index contributed by atoms with van der Waals surface area (Å²) in [5.41, 5.74) is 2.48. The van der Waals surface area contributed by atoms with Crippen molar-refractivity contribution >= 4 is 28.8 Å². The van der Waals surface area contributed by atoms with Gasteiger partial charge in [-0.25, -0.2) is 19.3 Å². The normalized spacial score (nSPS) is 10.8. The van der Waals surface area contributed by atoms with Gasteiger partial charge in [0.2, 0.25) is 0 Å². The molecule has 5 aromatic rings. The molecule has 36 heavy (non-hydrogen) atoms. The zero-order chi connectivity index (χ0) is 25.1. The van der Waals surface area contributed by atoms with E-state index in [1.807, 2.05) is 48.3 Å². The van der Waals surface area contributed by atoms with Gasteiger partial charge in [0.1, 0.15) is 11.5 Å². The van der Waals surface area contributed by atoms with Crippen molar-refractivity contribution in [3.8, 4) is 5.82 Å². The highest BCUT2D eigenvalue weighted by atomic mass is 16.5. The van der Waals surface area contributed by atoms with Crippen molar-refractivity contribution in [3.05, 3.63) is 107 Å². The van der Waals surface area contributed by atoms with Gasteiger partial charge in [0.15, 0.2) is 17.2 Å². The minimum absolute atomic E-state index is 0.171. The van der Waals surface area contributed by atoms with E-state index in [2.05, 4.69) is 20.4 Å². The standard InChI is InChI=1S/C26H23N7O3/c1-31(17-18-9-4-3-5-10-18)20-15-22(30-33-21(26(35)36-2)16-28-24(20)33)29-19-11-8-14-32(25(19)34)23-12-6-7-13-27-23/h3-16H,17H2,1-2H3,(H,29,30). The average molecular weight is 482 g/mol. The molecule has 0 saturated carbocycles. The molecule has 0 saturated heterocycles. The van der Waals surface area contributed by atoms with Crippen LogP contribution in [-0.4, -0.2) is 44.3 Å². The largest absolute Gasteiger partial charge is 0.464 e. The summed E-state index contributed by atoms with van der Waals surface area (Å²) >= 11 is 0. The van der Waals surface area contributed by atoms with E-state index in [0.717, 1.165) is 5.56 Å². The van der Waals surface area contributed by atoms with Crippen molar-refractivity contribution in [3.63, 3.8) is 0 Å². The highest BCUT2D eigenvalue weighted by molar-refractivity contribution is 5.89. The predicted octanol–water partition coefficient (Wildman–Crippen LogP) is 3.44. The third-order valence-electron chi connectivity index (χ3n) is 5.62. The zero-order valence-electron chi connectivity index (χ0n) is 19.7. The molecule has 0 radical (unpaired) electrons. The van der Waals surface area contributed by atoms with Gasteiger partial charge in [0, 0.05) is 32.1 Å². The van der Waals surface area contributed by atoms with E-state index in [-0.39, 0.29) is 11.3 Å². The SMILES string of the molecule is COC(=O)c1cnc2c(N(C)Cc3ccccc3)cc(Nc3cccn(-c4ccccn4)c3=O)nn12. The molecule has 0 atom stereocenters. The molecular weight excluding hydrogens is 458 g/mol. The number of carbonyl (C=O) groups excluding carboxylic acids is 1. The number of nitrogens with one attached hydrogen (secondary N) is 1. The van der Waals surface area contributed by atoms with Crippen molar-refractivity contribution in [2.45, 2.75) is 6.54 Å². The molecule has 0 aliphatic carbocycles. The molecule has 1 N–H and O–H groups in total. The third kappa shape index (κ3) is 4.39. The first-order valence-corrected chi connectivity index (χ1v) is 11.2. The number of carbonyl (C=O) groups is 1. The topological polar surface area (TPSA) is 107 Å². The molecule has 10 nitrogen and oxygen atoms in total. The van der Waals surface area contributed by atoms with Gasteiger partial charge in [0.05, 0.1) is 19.0 Å². The molecule has 0 unspecified atom stereocenters. The Labute approximate surface area is 206 Å². The van der Waals surface area contributed by atoms with Gasteiger partial charge < -0.3 is 15.0 Å². The van der Waals surface area contributed by atoms with Gasteiger partial charge in [-0.2, -0.15) is 0 Å². The Morgan fingerprint density at radius 2 is 1.86 bits per heavy atom. The minimum atomic E-state index is -0.568. The minimum Gasteiger partial charge on any atom is -0.464 e. The third-order valence-corrected chi connectivity index (χ3v) is 5.62. The molecule has 0 amide bonds. The second-order valence-corrected chi connectivity index (χ2v) is 8.04. The van der Waals surface area contributed by atoms with E-state index >= 15 is 0 Å². The van der Waals surface area contributed by atoms with Crippen LogP contribution in [0.3, 0.4) is 0 Å². The quantitative estimate of drug-likeness (QED) is 0.353. The number of benzene rings is 1. The Morgan fingerprint density at radius 1 is 1.06 bits per heavy atom.